The van der Waals surface area contributed by atoms with Crippen molar-refractivity contribution in [2.75, 3.05) is 18.4 Å². The normalized spacial score (nSPS) is 18.7. The number of carboxylic acid groups (broad SMARTS) is 1. The molecule has 3 rings (SSSR count). The Kier molecular flexibility index (Phi) is 3.90. The molecule has 1 aromatic carbocycles. The molecule has 5 nitrogen and oxygen atoms in total. The molecule has 0 aliphatic carbocycles. The van der Waals surface area contributed by atoms with Crippen molar-refractivity contribution in [2.24, 2.45) is 0 Å². The van der Waals surface area contributed by atoms with Gasteiger partial charge in [-0.3, -0.25) is 0 Å². The van der Waals surface area contributed by atoms with Gasteiger partial charge >= 0.3 is 6.09 Å². The van der Waals surface area contributed by atoms with E-state index in [-0.39, 0.29) is 6.04 Å². The molecule has 2 aromatic rings. The number of pyridine rings is 1. The summed E-state index contributed by atoms with van der Waals surface area (Å²) in [5.74, 6) is 0.796. The van der Waals surface area contributed by atoms with E-state index in [1.807, 2.05) is 36.4 Å². The van der Waals surface area contributed by atoms with E-state index in [1.165, 1.54) is 4.90 Å². The fraction of sp³-hybridized carbons (Fsp3) is 0.375. The van der Waals surface area contributed by atoms with E-state index in [9.17, 15) is 9.90 Å². The molecule has 2 N–H and O–H groups in total. The van der Waals surface area contributed by atoms with Crippen LogP contribution >= 0.6 is 0 Å². The van der Waals surface area contributed by atoms with E-state index in [1.54, 1.807) is 0 Å². The van der Waals surface area contributed by atoms with Crippen LogP contribution in [0.4, 0.5) is 10.6 Å². The summed E-state index contributed by atoms with van der Waals surface area (Å²) in [5.41, 5.74) is 0.946. The minimum Gasteiger partial charge on any atom is -0.465 e. The first-order chi connectivity index (χ1) is 10.2. The highest BCUT2D eigenvalue weighted by atomic mass is 16.4. The number of nitrogens with one attached hydrogen (secondary N) is 1. The first kappa shape index (κ1) is 13.7. The number of amides is 1. The lowest BCUT2D eigenvalue weighted by atomic mass is 10.0. The van der Waals surface area contributed by atoms with Gasteiger partial charge in [-0.2, -0.15) is 0 Å². The summed E-state index contributed by atoms with van der Waals surface area (Å²) >= 11 is 0. The van der Waals surface area contributed by atoms with E-state index in [0.717, 1.165) is 36.0 Å². The molecule has 21 heavy (non-hydrogen) atoms. The van der Waals surface area contributed by atoms with Gasteiger partial charge < -0.3 is 15.3 Å². The largest absolute Gasteiger partial charge is 0.465 e. The maximum Gasteiger partial charge on any atom is 0.407 e. The minimum absolute atomic E-state index is 0.0320. The van der Waals surface area contributed by atoms with Gasteiger partial charge in [-0.25, -0.2) is 9.78 Å². The second-order valence-electron chi connectivity index (χ2n) is 5.40. The first-order valence-corrected chi connectivity index (χ1v) is 7.33. The molecule has 0 radical (unpaired) electrons. The summed E-state index contributed by atoms with van der Waals surface area (Å²) in [6, 6.07) is 12.0. The number of nitrogens with zero attached hydrogens (tertiary/aromatic N) is 2. The number of piperidine rings is 1. The van der Waals surface area contributed by atoms with Gasteiger partial charge in [0.2, 0.25) is 0 Å². The van der Waals surface area contributed by atoms with Crippen LogP contribution < -0.4 is 5.32 Å². The summed E-state index contributed by atoms with van der Waals surface area (Å²) in [5, 5.41) is 13.6. The van der Waals surface area contributed by atoms with Crippen LogP contribution in [0.5, 0.6) is 0 Å². The quantitative estimate of drug-likeness (QED) is 0.909. The first-order valence-electron chi connectivity index (χ1n) is 7.33. The zero-order valence-corrected chi connectivity index (χ0v) is 11.8. The third-order valence-corrected chi connectivity index (χ3v) is 3.99. The molecule has 1 aliphatic heterocycles. The fourth-order valence-corrected chi connectivity index (χ4v) is 2.85. The average Bonchev–Trinajstić information content (AvgIpc) is 2.53. The molecule has 1 saturated heterocycles. The number of anilines is 1. The second kappa shape index (κ2) is 5.99. The second-order valence-corrected chi connectivity index (χ2v) is 5.40. The Morgan fingerprint density at radius 2 is 2.14 bits per heavy atom. The molecule has 1 fully saturated rings. The molecule has 0 saturated carbocycles. The number of aromatic nitrogens is 1. The molecular formula is C16H19N3O2. The van der Waals surface area contributed by atoms with Gasteiger partial charge in [0.25, 0.3) is 0 Å². The van der Waals surface area contributed by atoms with E-state index < -0.39 is 6.09 Å². The summed E-state index contributed by atoms with van der Waals surface area (Å²) in [4.78, 5) is 17.3. The third-order valence-electron chi connectivity index (χ3n) is 3.99. The molecular weight excluding hydrogens is 266 g/mol. The van der Waals surface area contributed by atoms with Crippen LogP contribution in [0.2, 0.25) is 0 Å². The summed E-state index contributed by atoms with van der Waals surface area (Å²) < 4.78 is 0. The van der Waals surface area contributed by atoms with E-state index in [4.69, 9.17) is 0 Å². The highest BCUT2D eigenvalue weighted by Gasteiger charge is 2.25. The number of rotatable bonds is 3. The number of likely N-dealkylation sites (tertiary alicyclic amines) is 1. The van der Waals surface area contributed by atoms with E-state index >= 15 is 0 Å². The average molecular weight is 285 g/mol. The summed E-state index contributed by atoms with van der Waals surface area (Å²) in [6.07, 6.45) is 2.12. The number of hydrogen-bond acceptors (Lipinski definition) is 3. The smallest absolute Gasteiger partial charge is 0.407 e. The standard InChI is InChI=1S/C16H19N3O2/c20-16(21)19-10-4-3-6-13(19)11-17-15-9-8-12-5-1-2-7-14(12)18-15/h1-2,5,7-9,13H,3-4,6,10-11H2,(H,17,18)(H,20,21). The fourth-order valence-electron chi connectivity index (χ4n) is 2.85. The summed E-state index contributed by atoms with van der Waals surface area (Å²) in [6.45, 7) is 1.24. The van der Waals surface area contributed by atoms with Crippen LogP contribution in [-0.2, 0) is 0 Å². The molecule has 1 aromatic heterocycles. The molecule has 1 amide bonds. The Morgan fingerprint density at radius 3 is 3.00 bits per heavy atom. The van der Waals surface area contributed by atoms with Crippen molar-refractivity contribution in [3.05, 3.63) is 36.4 Å². The Hall–Kier alpha value is -2.30. The highest BCUT2D eigenvalue weighted by molar-refractivity contribution is 5.80. The molecule has 1 unspecified atom stereocenters. The van der Waals surface area contributed by atoms with Gasteiger partial charge in [-0.05, 0) is 37.5 Å². The predicted molar refractivity (Wildman–Crippen MR) is 82.6 cm³/mol. The lowest BCUT2D eigenvalue weighted by Crippen LogP contribution is -2.46. The topological polar surface area (TPSA) is 65.5 Å². The van der Waals surface area contributed by atoms with Crippen molar-refractivity contribution in [3.63, 3.8) is 0 Å². The molecule has 1 atom stereocenters. The van der Waals surface area contributed by atoms with Gasteiger partial charge in [0.1, 0.15) is 5.82 Å². The summed E-state index contributed by atoms with van der Waals surface area (Å²) in [7, 11) is 0. The zero-order valence-electron chi connectivity index (χ0n) is 11.8. The predicted octanol–water partition coefficient (Wildman–Crippen LogP) is 3.18. The van der Waals surface area contributed by atoms with Gasteiger partial charge in [0, 0.05) is 18.5 Å². The van der Waals surface area contributed by atoms with Crippen LogP contribution in [0.1, 0.15) is 19.3 Å². The minimum atomic E-state index is -0.826. The number of benzene rings is 1. The lowest BCUT2D eigenvalue weighted by molar-refractivity contribution is 0.110. The van der Waals surface area contributed by atoms with Crippen molar-refractivity contribution >= 4 is 22.8 Å². The number of carbonyl (C=O) groups is 1. The maximum atomic E-state index is 11.2. The van der Waals surface area contributed by atoms with E-state index in [0.29, 0.717) is 13.1 Å². The van der Waals surface area contributed by atoms with Gasteiger partial charge in [-0.15, -0.1) is 0 Å². The Bertz CT molecular complexity index is 644. The van der Waals surface area contributed by atoms with Crippen molar-refractivity contribution in [3.8, 4) is 0 Å². The van der Waals surface area contributed by atoms with Crippen LogP contribution in [0.25, 0.3) is 10.9 Å². The van der Waals surface area contributed by atoms with Crippen molar-refractivity contribution < 1.29 is 9.90 Å². The Balaban J connectivity index is 1.69. The van der Waals surface area contributed by atoms with Crippen LogP contribution in [0.15, 0.2) is 36.4 Å². The SMILES string of the molecule is O=C(O)N1CCCCC1CNc1ccc2ccccc2n1. The Morgan fingerprint density at radius 1 is 1.29 bits per heavy atom. The zero-order chi connectivity index (χ0) is 14.7. The number of hydrogen-bond donors (Lipinski definition) is 2. The third kappa shape index (κ3) is 3.07. The molecule has 2 heterocycles. The molecule has 110 valence electrons. The Labute approximate surface area is 123 Å². The maximum absolute atomic E-state index is 11.2. The molecule has 0 bridgehead atoms. The van der Waals surface area contributed by atoms with Crippen molar-refractivity contribution in [1.82, 2.24) is 9.88 Å². The number of para-hydroxylation sites is 1. The van der Waals surface area contributed by atoms with Gasteiger partial charge in [0.15, 0.2) is 0 Å². The monoisotopic (exact) mass is 285 g/mol. The molecule has 5 heteroatoms. The van der Waals surface area contributed by atoms with Crippen LogP contribution in [0, 0.1) is 0 Å². The van der Waals surface area contributed by atoms with Crippen LogP contribution in [-0.4, -0.2) is 40.2 Å². The number of fused-ring (bicyclic) bond motifs is 1. The van der Waals surface area contributed by atoms with E-state index in [2.05, 4.69) is 10.3 Å². The van der Waals surface area contributed by atoms with Gasteiger partial charge in [0.05, 0.1) is 11.6 Å². The molecule has 0 spiro atoms. The van der Waals surface area contributed by atoms with Crippen LogP contribution in [0.3, 0.4) is 0 Å². The van der Waals surface area contributed by atoms with Gasteiger partial charge in [-0.1, -0.05) is 18.2 Å². The highest BCUT2D eigenvalue weighted by Crippen LogP contribution is 2.19. The van der Waals surface area contributed by atoms with Crippen molar-refractivity contribution in [1.29, 1.82) is 0 Å². The molecule has 1 aliphatic rings. The lowest BCUT2D eigenvalue weighted by Gasteiger charge is -2.33. The van der Waals surface area contributed by atoms with Crippen molar-refractivity contribution in [2.45, 2.75) is 25.3 Å².